The van der Waals surface area contributed by atoms with Gasteiger partial charge >= 0.3 is 0 Å². The molecule has 0 saturated carbocycles. The minimum Gasteiger partial charge on any atom is -0.329 e. The lowest BCUT2D eigenvalue weighted by Gasteiger charge is -2.25. The quantitative estimate of drug-likeness (QED) is 0.593. The van der Waals surface area contributed by atoms with Crippen LogP contribution < -0.4 is 11.5 Å². The Hall–Kier alpha value is -0.0800. The van der Waals surface area contributed by atoms with Gasteiger partial charge < -0.3 is 11.5 Å². The summed E-state index contributed by atoms with van der Waals surface area (Å²) < 4.78 is 0. The fraction of sp³-hybridized carbons (Fsp3) is 1.00. The molecule has 9 heavy (non-hydrogen) atoms. The van der Waals surface area contributed by atoms with E-state index in [1.165, 1.54) is 0 Å². The first-order valence-corrected chi connectivity index (χ1v) is 3.67. The molecule has 0 spiro atoms. The van der Waals surface area contributed by atoms with Crippen LogP contribution in [0.3, 0.4) is 0 Å². The van der Waals surface area contributed by atoms with Crippen molar-refractivity contribution < 1.29 is 0 Å². The Labute approximate surface area is 57.6 Å². The normalized spacial score (nSPS) is 17.3. The van der Waals surface area contributed by atoms with Gasteiger partial charge in [0.15, 0.2) is 0 Å². The first-order chi connectivity index (χ1) is 4.18. The smallest absolute Gasteiger partial charge is 0.0275 e. The summed E-state index contributed by atoms with van der Waals surface area (Å²) in [5.74, 6) is 0. The molecule has 0 radical (unpaired) electrons. The predicted octanol–water partition coefficient (Wildman–Crippen LogP) is 0.853. The van der Waals surface area contributed by atoms with Crippen molar-refractivity contribution in [3.63, 3.8) is 0 Å². The van der Waals surface area contributed by atoms with Crippen molar-refractivity contribution in [3.8, 4) is 0 Å². The van der Waals surface area contributed by atoms with Crippen LogP contribution in [0.15, 0.2) is 0 Å². The molecule has 1 atom stereocenters. The third kappa shape index (κ3) is 2.82. The standard InChI is InChI=1S/C7H18N2/c1-3-5-7(9,4-2)6-8/h3-6,8-9H2,1-2H3. The zero-order valence-electron chi connectivity index (χ0n) is 6.48. The minimum absolute atomic E-state index is 0.0885. The minimum atomic E-state index is -0.0885. The van der Waals surface area contributed by atoms with Crippen molar-refractivity contribution in [1.82, 2.24) is 0 Å². The molecule has 4 N–H and O–H groups in total. The highest BCUT2D eigenvalue weighted by molar-refractivity contribution is 4.82. The van der Waals surface area contributed by atoms with Crippen molar-refractivity contribution >= 4 is 0 Å². The molecular weight excluding hydrogens is 112 g/mol. The molecule has 0 fully saturated rings. The fourth-order valence-corrected chi connectivity index (χ4v) is 0.921. The van der Waals surface area contributed by atoms with Crippen LogP contribution in [0.4, 0.5) is 0 Å². The Morgan fingerprint density at radius 1 is 1.33 bits per heavy atom. The first kappa shape index (κ1) is 8.92. The van der Waals surface area contributed by atoms with Crippen molar-refractivity contribution in [1.29, 1.82) is 0 Å². The Balaban J connectivity index is 3.62. The van der Waals surface area contributed by atoms with E-state index < -0.39 is 0 Å². The zero-order valence-corrected chi connectivity index (χ0v) is 6.48. The van der Waals surface area contributed by atoms with Gasteiger partial charge in [0.2, 0.25) is 0 Å². The lowest BCUT2D eigenvalue weighted by Crippen LogP contribution is -2.46. The van der Waals surface area contributed by atoms with Gasteiger partial charge in [-0.2, -0.15) is 0 Å². The third-order valence-electron chi connectivity index (χ3n) is 1.86. The fourth-order valence-electron chi connectivity index (χ4n) is 0.921. The maximum Gasteiger partial charge on any atom is 0.0275 e. The van der Waals surface area contributed by atoms with Crippen LogP contribution in [0.5, 0.6) is 0 Å². The second-order valence-corrected chi connectivity index (χ2v) is 2.67. The second kappa shape index (κ2) is 3.85. The van der Waals surface area contributed by atoms with Crippen LogP contribution in [-0.2, 0) is 0 Å². The molecular formula is C7H18N2. The molecule has 0 amide bonds. The molecule has 1 unspecified atom stereocenters. The summed E-state index contributed by atoms with van der Waals surface area (Å²) in [6.45, 7) is 4.83. The van der Waals surface area contributed by atoms with E-state index in [1.807, 2.05) is 0 Å². The molecule has 0 aliphatic carbocycles. The monoisotopic (exact) mass is 130 g/mol. The number of nitrogens with two attached hydrogens (primary N) is 2. The van der Waals surface area contributed by atoms with E-state index in [9.17, 15) is 0 Å². The third-order valence-corrected chi connectivity index (χ3v) is 1.86. The molecule has 0 aliphatic heterocycles. The highest BCUT2D eigenvalue weighted by atomic mass is 14.8. The van der Waals surface area contributed by atoms with Crippen LogP contribution >= 0.6 is 0 Å². The zero-order chi connectivity index (χ0) is 7.33. The summed E-state index contributed by atoms with van der Waals surface area (Å²) in [7, 11) is 0. The van der Waals surface area contributed by atoms with Gasteiger partial charge in [-0.15, -0.1) is 0 Å². The van der Waals surface area contributed by atoms with Gasteiger partial charge in [0.1, 0.15) is 0 Å². The predicted molar refractivity (Wildman–Crippen MR) is 41.2 cm³/mol. The molecule has 0 heterocycles. The Kier molecular flexibility index (Phi) is 3.82. The number of rotatable bonds is 4. The van der Waals surface area contributed by atoms with Gasteiger partial charge in [0, 0.05) is 12.1 Å². The van der Waals surface area contributed by atoms with Gasteiger partial charge in [0.05, 0.1) is 0 Å². The van der Waals surface area contributed by atoms with Gasteiger partial charge in [-0.25, -0.2) is 0 Å². The molecule has 56 valence electrons. The van der Waals surface area contributed by atoms with Crippen LogP contribution in [0, 0.1) is 0 Å². The van der Waals surface area contributed by atoms with Gasteiger partial charge in [0.25, 0.3) is 0 Å². The van der Waals surface area contributed by atoms with E-state index in [4.69, 9.17) is 11.5 Å². The molecule has 0 aromatic rings. The van der Waals surface area contributed by atoms with Crippen molar-refractivity contribution in [2.24, 2.45) is 11.5 Å². The summed E-state index contributed by atoms with van der Waals surface area (Å²) in [5, 5.41) is 0. The first-order valence-electron chi connectivity index (χ1n) is 3.67. The molecule has 2 heteroatoms. The highest BCUT2D eigenvalue weighted by Gasteiger charge is 2.18. The largest absolute Gasteiger partial charge is 0.329 e. The highest BCUT2D eigenvalue weighted by Crippen LogP contribution is 2.11. The summed E-state index contributed by atoms with van der Waals surface area (Å²) in [6.07, 6.45) is 3.15. The average molecular weight is 130 g/mol. The van der Waals surface area contributed by atoms with E-state index >= 15 is 0 Å². The van der Waals surface area contributed by atoms with E-state index in [1.54, 1.807) is 0 Å². The second-order valence-electron chi connectivity index (χ2n) is 2.67. The summed E-state index contributed by atoms with van der Waals surface area (Å²) in [5.41, 5.74) is 11.3. The lowest BCUT2D eigenvalue weighted by atomic mass is 9.92. The van der Waals surface area contributed by atoms with Gasteiger partial charge in [-0.3, -0.25) is 0 Å². The molecule has 0 bridgehead atoms. The van der Waals surface area contributed by atoms with Crippen molar-refractivity contribution in [3.05, 3.63) is 0 Å². The maximum atomic E-state index is 5.88. The van der Waals surface area contributed by atoms with E-state index in [0.717, 1.165) is 19.3 Å². The summed E-state index contributed by atoms with van der Waals surface area (Å²) in [6, 6.07) is 0. The van der Waals surface area contributed by atoms with Crippen molar-refractivity contribution in [2.45, 2.75) is 38.6 Å². The van der Waals surface area contributed by atoms with Gasteiger partial charge in [-0.05, 0) is 12.8 Å². The molecule has 2 nitrogen and oxygen atoms in total. The van der Waals surface area contributed by atoms with Crippen molar-refractivity contribution in [2.75, 3.05) is 6.54 Å². The maximum absolute atomic E-state index is 5.88. The Morgan fingerprint density at radius 3 is 2.00 bits per heavy atom. The molecule has 0 aromatic carbocycles. The van der Waals surface area contributed by atoms with Crippen LogP contribution in [0.2, 0.25) is 0 Å². The lowest BCUT2D eigenvalue weighted by molar-refractivity contribution is 0.386. The summed E-state index contributed by atoms with van der Waals surface area (Å²) in [4.78, 5) is 0. The van der Waals surface area contributed by atoms with Crippen LogP contribution in [0.25, 0.3) is 0 Å². The van der Waals surface area contributed by atoms with E-state index in [2.05, 4.69) is 13.8 Å². The number of hydrogen-bond donors (Lipinski definition) is 2. The van der Waals surface area contributed by atoms with Gasteiger partial charge in [-0.1, -0.05) is 20.3 Å². The topological polar surface area (TPSA) is 52.0 Å². The molecule has 0 rings (SSSR count). The molecule has 0 saturated heterocycles. The van der Waals surface area contributed by atoms with Crippen LogP contribution in [0.1, 0.15) is 33.1 Å². The Bertz CT molecular complexity index is 67.3. The van der Waals surface area contributed by atoms with E-state index in [0.29, 0.717) is 6.54 Å². The van der Waals surface area contributed by atoms with E-state index in [-0.39, 0.29) is 5.54 Å². The van der Waals surface area contributed by atoms with Crippen LogP contribution in [-0.4, -0.2) is 12.1 Å². The molecule has 0 aromatic heterocycles. The number of hydrogen-bond acceptors (Lipinski definition) is 2. The molecule has 0 aliphatic rings. The Morgan fingerprint density at radius 2 is 1.89 bits per heavy atom. The summed E-state index contributed by atoms with van der Waals surface area (Å²) >= 11 is 0. The SMILES string of the molecule is CCCC(N)(CC)CN. The average Bonchev–Trinajstić information content (AvgIpc) is 1.89.